The highest BCUT2D eigenvalue weighted by atomic mass is 15.3. The van der Waals surface area contributed by atoms with Gasteiger partial charge in [-0.3, -0.25) is 4.90 Å². The summed E-state index contributed by atoms with van der Waals surface area (Å²) in [6.45, 7) is 20.0. The van der Waals surface area contributed by atoms with Gasteiger partial charge in [0, 0.05) is 16.6 Å². The van der Waals surface area contributed by atoms with Crippen molar-refractivity contribution in [3.63, 3.8) is 0 Å². The van der Waals surface area contributed by atoms with Gasteiger partial charge in [-0.05, 0) is 48.5 Å². The van der Waals surface area contributed by atoms with Crippen molar-refractivity contribution in [3.8, 4) is 0 Å². The Morgan fingerprint density at radius 1 is 0.800 bits per heavy atom. The molecule has 0 saturated heterocycles. The summed E-state index contributed by atoms with van der Waals surface area (Å²) in [4.78, 5) is 2.56. The molecule has 0 aliphatic carbocycles. The molecule has 0 amide bonds. The lowest BCUT2D eigenvalue weighted by atomic mass is 9.92. The van der Waals surface area contributed by atoms with E-state index in [1.54, 1.807) is 0 Å². The van der Waals surface area contributed by atoms with Crippen LogP contribution in [0, 0.1) is 0 Å². The predicted octanol–water partition coefficient (Wildman–Crippen LogP) is 4.24. The molecular weight excluding hydrogens is 182 g/mol. The van der Waals surface area contributed by atoms with Crippen LogP contribution in [0.1, 0.15) is 62.3 Å². The zero-order valence-corrected chi connectivity index (χ0v) is 12.1. The van der Waals surface area contributed by atoms with Gasteiger partial charge in [0.15, 0.2) is 0 Å². The fraction of sp³-hybridized carbons (Fsp3) is 0.857. The third-order valence-electron chi connectivity index (χ3n) is 2.72. The molecule has 15 heavy (non-hydrogen) atoms. The molecule has 0 aromatic carbocycles. The lowest BCUT2D eigenvalue weighted by molar-refractivity contribution is 0.00439. The topological polar surface area (TPSA) is 3.24 Å². The first kappa shape index (κ1) is 14.7. The van der Waals surface area contributed by atoms with Gasteiger partial charge in [-0.25, -0.2) is 0 Å². The predicted molar refractivity (Wildman–Crippen MR) is 70.2 cm³/mol. The van der Waals surface area contributed by atoms with Gasteiger partial charge in [-0.2, -0.15) is 0 Å². The molecule has 1 aliphatic heterocycles. The quantitative estimate of drug-likeness (QED) is 0.542. The molecule has 0 aromatic rings. The molecule has 1 heteroatoms. The first-order valence-corrected chi connectivity index (χ1v) is 6.08. The Morgan fingerprint density at radius 3 is 1.20 bits per heavy atom. The summed E-state index contributed by atoms with van der Waals surface area (Å²) < 4.78 is 0. The monoisotopic (exact) mass is 211 g/mol. The molecule has 0 unspecified atom stereocenters. The Kier molecular flexibility index (Phi) is 4.20. The lowest BCUT2D eigenvalue weighted by Crippen LogP contribution is -2.58. The standard InChI is InChI=1S/C12H23N.C2H6/c1-10(2,3)13-11(4,5)8-9-12(13,6)7;1-2/h8-9H,1-7H3;1-2H3. The van der Waals surface area contributed by atoms with E-state index in [4.69, 9.17) is 0 Å². The van der Waals surface area contributed by atoms with Crippen LogP contribution in [0.4, 0.5) is 0 Å². The Morgan fingerprint density at radius 2 is 1.07 bits per heavy atom. The Hall–Kier alpha value is -0.300. The van der Waals surface area contributed by atoms with Gasteiger partial charge >= 0.3 is 0 Å². The van der Waals surface area contributed by atoms with Gasteiger partial charge in [0.25, 0.3) is 0 Å². The van der Waals surface area contributed by atoms with Gasteiger partial charge in [0.05, 0.1) is 0 Å². The second-order valence-corrected chi connectivity index (χ2v) is 6.15. The average Bonchev–Trinajstić information content (AvgIpc) is 2.23. The van der Waals surface area contributed by atoms with Crippen molar-refractivity contribution >= 4 is 0 Å². The summed E-state index contributed by atoms with van der Waals surface area (Å²) in [5.41, 5.74) is 0.583. The van der Waals surface area contributed by atoms with Gasteiger partial charge in [-0.1, -0.05) is 26.0 Å². The summed E-state index contributed by atoms with van der Waals surface area (Å²) in [5, 5.41) is 0. The van der Waals surface area contributed by atoms with Crippen molar-refractivity contribution < 1.29 is 0 Å². The summed E-state index contributed by atoms with van der Waals surface area (Å²) in [6.07, 6.45) is 4.64. The molecule has 0 saturated carbocycles. The largest absolute Gasteiger partial charge is 0.281 e. The van der Waals surface area contributed by atoms with Crippen LogP contribution in [-0.2, 0) is 0 Å². The van der Waals surface area contributed by atoms with E-state index in [9.17, 15) is 0 Å². The maximum Gasteiger partial charge on any atom is 0.0349 e. The van der Waals surface area contributed by atoms with E-state index in [0.717, 1.165) is 0 Å². The van der Waals surface area contributed by atoms with E-state index in [1.165, 1.54) is 0 Å². The smallest absolute Gasteiger partial charge is 0.0349 e. The van der Waals surface area contributed by atoms with Crippen LogP contribution < -0.4 is 0 Å². The maximum atomic E-state index is 2.56. The average molecular weight is 211 g/mol. The molecular formula is C14H29N. The van der Waals surface area contributed by atoms with E-state index in [0.29, 0.717) is 0 Å². The highest BCUT2D eigenvalue weighted by Gasteiger charge is 2.45. The van der Waals surface area contributed by atoms with Crippen LogP contribution in [0.15, 0.2) is 12.2 Å². The first-order valence-electron chi connectivity index (χ1n) is 6.08. The van der Waals surface area contributed by atoms with Crippen LogP contribution >= 0.6 is 0 Å². The van der Waals surface area contributed by atoms with Crippen molar-refractivity contribution in [2.24, 2.45) is 0 Å². The van der Waals surface area contributed by atoms with Crippen LogP contribution in [0.5, 0.6) is 0 Å². The molecule has 0 aromatic heterocycles. The Balaban J connectivity index is 0.000000921. The Labute approximate surface area is 96.6 Å². The third-order valence-corrected chi connectivity index (χ3v) is 2.72. The molecule has 0 fully saturated rings. The zero-order chi connectivity index (χ0) is 12.5. The van der Waals surface area contributed by atoms with Gasteiger partial charge in [0.1, 0.15) is 0 Å². The summed E-state index contributed by atoms with van der Waals surface area (Å²) in [7, 11) is 0. The van der Waals surface area contributed by atoms with Crippen molar-refractivity contribution in [3.05, 3.63) is 12.2 Å². The second-order valence-electron chi connectivity index (χ2n) is 6.15. The molecule has 1 heterocycles. The molecule has 0 atom stereocenters. The fourth-order valence-corrected chi connectivity index (χ4v) is 3.03. The van der Waals surface area contributed by atoms with E-state index in [1.807, 2.05) is 13.8 Å². The molecule has 0 bridgehead atoms. The number of hydrogen-bond acceptors (Lipinski definition) is 1. The van der Waals surface area contributed by atoms with Gasteiger partial charge in [-0.15, -0.1) is 0 Å². The summed E-state index contributed by atoms with van der Waals surface area (Å²) >= 11 is 0. The summed E-state index contributed by atoms with van der Waals surface area (Å²) in [6, 6.07) is 0. The van der Waals surface area contributed by atoms with Crippen LogP contribution in [0.25, 0.3) is 0 Å². The molecule has 1 aliphatic rings. The number of hydrogen-bond donors (Lipinski definition) is 0. The lowest BCUT2D eigenvalue weighted by Gasteiger charge is -2.49. The van der Waals surface area contributed by atoms with E-state index in [-0.39, 0.29) is 16.6 Å². The highest BCUT2D eigenvalue weighted by molar-refractivity contribution is 5.23. The Bertz CT molecular complexity index is 210. The van der Waals surface area contributed by atoms with Crippen molar-refractivity contribution in [2.45, 2.75) is 78.9 Å². The zero-order valence-electron chi connectivity index (χ0n) is 12.1. The van der Waals surface area contributed by atoms with Crippen LogP contribution in [0.2, 0.25) is 0 Å². The summed E-state index contributed by atoms with van der Waals surface area (Å²) in [5.74, 6) is 0. The minimum Gasteiger partial charge on any atom is -0.281 e. The fourth-order valence-electron chi connectivity index (χ4n) is 3.03. The van der Waals surface area contributed by atoms with Crippen molar-refractivity contribution in [2.75, 3.05) is 0 Å². The highest BCUT2D eigenvalue weighted by Crippen LogP contribution is 2.40. The van der Waals surface area contributed by atoms with Crippen molar-refractivity contribution in [1.82, 2.24) is 4.90 Å². The van der Waals surface area contributed by atoms with E-state index >= 15 is 0 Å². The van der Waals surface area contributed by atoms with Gasteiger partial charge in [0.2, 0.25) is 0 Å². The minimum absolute atomic E-state index is 0.182. The molecule has 0 N–H and O–H groups in total. The minimum atomic E-state index is 0.182. The maximum absolute atomic E-state index is 2.56. The van der Waals surface area contributed by atoms with Crippen LogP contribution in [0.3, 0.4) is 0 Å². The normalized spacial score (nSPS) is 23.5. The number of nitrogens with zero attached hydrogens (tertiary/aromatic N) is 1. The molecule has 1 rings (SSSR count). The van der Waals surface area contributed by atoms with Crippen LogP contribution in [-0.4, -0.2) is 21.5 Å². The first-order chi connectivity index (χ1) is 6.57. The number of rotatable bonds is 0. The second kappa shape index (κ2) is 4.29. The SMILES string of the molecule is CC.CC(C)(C)N1C(C)(C)C=CC1(C)C. The van der Waals surface area contributed by atoms with Gasteiger partial charge < -0.3 is 0 Å². The van der Waals surface area contributed by atoms with E-state index in [2.05, 4.69) is 65.5 Å². The third kappa shape index (κ3) is 3.07. The molecule has 90 valence electrons. The molecule has 0 radical (unpaired) electrons. The van der Waals surface area contributed by atoms with E-state index < -0.39 is 0 Å². The molecule has 1 nitrogen and oxygen atoms in total. The molecule has 0 spiro atoms. The van der Waals surface area contributed by atoms with Crippen molar-refractivity contribution in [1.29, 1.82) is 0 Å².